The molecule has 7 nitrogen and oxygen atoms in total. The summed E-state index contributed by atoms with van der Waals surface area (Å²) in [6.45, 7) is 6.61. The zero-order valence-electron chi connectivity index (χ0n) is 20.2. The average Bonchev–Trinajstić information content (AvgIpc) is 3.14. The van der Waals surface area contributed by atoms with Crippen LogP contribution in [0.1, 0.15) is 63.4 Å². The Balaban J connectivity index is 0.00000306. The molecule has 3 saturated heterocycles. The van der Waals surface area contributed by atoms with Crippen LogP contribution >= 0.6 is 24.0 Å². The fourth-order valence-corrected chi connectivity index (χ4v) is 4.97. The van der Waals surface area contributed by atoms with Crippen molar-refractivity contribution in [1.29, 1.82) is 0 Å². The Kier molecular flexibility index (Phi) is 11.5. The van der Waals surface area contributed by atoms with Crippen LogP contribution in [-0.4, -0.2) is 74.5 Å². The topological polar surface area (TPSA) is 62.2 Å². The third-order valence-electron chi connectivity index (χ3n) is 6.94. The zero-order valence-corrected chi connectivity index (χ0v) is 22.5. The summed E-state index contributed by atoms with van der Waals surface area (Å²) in [7, 11) is 1.88. The van der Waals surface area contributed by atoms with Crippen molar-refractivity contribution in [2.75, 3.05) is 51.3 Å². The molecule has 3 aliphatic heterocycles. The molecule has 3 fully saturated rings. The fraction of sp³-hybridized carbons (Fsp3) is 0.760. The van der Waals surface area contributed by atoms with Gasteiger partial charge in [0.25, 0.3) is 0 Å². The molecule has 4 heterocycles. The van der Waals surface area contributed by atoms with Crippen molar-refractivity contribution >= 4 is 35.8 Å². The van der Waals surface area contributed by atoms with E-state index in [1.807, 2.05) is 13.2 Å². The van der Waals surface area contributed by atoms with Crippen molar-refractivity contribution in [3.05, 3.63) is 23.9 Å². The maximum atomic E-state index is 6.17. The predicted molar refractivity (Wildman–Crippen MR) is 145 cm³/mol. The van der Waals surface area contributed by atoms with Gasteiger partial charge in [0, 0.05) is 52.6 Å². The number of ether oxygens (including phenoxy) is 2. The number of anilines is 1. The van der Waals surface area contributed by atoms with Crippen molar-refractivity contribution in [2.24, 2.45) is 4.99 Å². The Morgan fingerprint density at radius 2 is 1.88 bits per heavy atom. The first-order valence-electron chi connectivity index (χ1n) is 12.7. The van der Waals surface area contributed by atoms with E-state index in [1.165, 1.54) is 44.1 Å². The Hall–Kier alpha value is -1.13. The van der Waals surface area contributed by atoms with Gasteiger partial charge in [0.05, 0.1) is 18.8 Å². The van der Waals surface area contributed by atoms with E-state index < -0.39 is 0 Å². The Morgan fingerprint density at radius 1 is 1.09 bits per heavy atom. The van der Waals surface area contributed by atoms with Crippen LogP contribution in [-0.2, 0) is 16.0 Å². The summed E-state index contributed by atoms with van der Waals surface area (Å²) in [5.74, 6) is 2.09. The quantitative estimate of drug-likeness (QED) is 0.314. The van der Waals surface area contributed by atoms with Crippen molar-refractivity contribution in [2.45, 2.75) is 76.5 Å². The van der Waals surface area contributed by atoms with Crippen LogP contribution in [0.2, 0.25) is 0 Å². The monoisotopic (exact) mass is 571 g/mol. The molecule has 0 radical (unpaired) electrons. The van der Waals surface area contributed by atoms with Gasteiger partial charge in [-0.05, 0) is 62.6 Å². The van der Waals surface area contributed by atoms with Crippen LogP contribution in [0.4, 0.5) is 5.82 Å². The molecule has 0 amide bonds. The molecule has 3 aliphatic rings. The van der Waals surface area contributed by atoms with Gasteiger partial charge in [-0.25, -0.2) is 4.98 Å². The second-order valence-electron chi connectivity index (χ2n) is 9.33. The zero-order chi connectivity index (χ0) is 22.0. The third kappa shape index (κ3) is 8.24. The molecule has 186 valence electrons. The van der Waals surface area contributed by atoms with E-state index >= 15 is 0 Å². The van der Waals surface area contributed by atoms with Crippen LogP contribution in [0, 0.1) is 0 Å². The van der Waals surface area contributed by atoms with Gasteiger partial charge in [0.1, 0.15) is 5.82 Å². The molecule has 0 aliphatic carbocycles. The summed E-state index contributed by atoms with van der Waals surface area (Å²) in [6, 6.07) is 4.34. The van der Waals surface area contributed by atoms with E-state index in [1.54, 1.807) is 0 Å². The van der Waals surface area contributed by atoms with Crippen LogP contribution < -0.4 is 10.2 Å². The smallest absolute Gasteiger partial charge is 0.193 e. The number of aromatic nitrogens is 1. The summed E-state index contributed by atoms with van der Waals surface area (Å²) in [5.41, 5.74) is 1.26. The number of nitrogens with one attached hydrogen (secondary N) is 1. The van der Waals surface area contributed by atoms with Gasteiger partial charge < -0.3 is 24.6 Å². The highest BCUT2D eigenvalue weighted by Crippen LogP contribution is 2.20. The van der Waals surface area contributed by atoms with Gasteiger partial charge in [-0.2, -0.15) is 0 Å². The summed E-state index contributed by atoms with van der Waals surface area (Å²) < 4.78 is 12.0. The summed E-state index contributed by atoms with van der Waals surface area (Å²) in [5, 5.41) is 3.57. The minimum Gasteiger partial charge on any atom is -0.376 e. The third-order valence-corrected chi connectivity index (χ3v) is 6.94. The summed E-state index contributed by atoms with van der Waals surface area (Å²) in [4.78, 5) is 14.0. The highest BCUT2D eigenvalue weighted by Gasteiger charge is 2.24. The number of halogens is 1. The summed E-state index contributed by atoms with van der Waals surface area (Å²) in [6.07, 6.45) is 13.5. The molecule has 1 aromatic heterocycles. The number of guanidine groups is 1. The Labute approximate surface area is 216 Å². The SMILES string of the molecule is CN=C(NCc1ccnc(N2CCCCCC2)c1)N1CCC(OCC2CCCCO2)CC1.I. The van der Waals surface area contributed by atoms with Crippen molar-refractivity contribution in [3.8, 4) is 0 Å². The van der Waals surface area contributed by atoms with Crippen LogP contribution in [0.5, 0.6) is 0 Å². The molecule has 1 unspecified atom stereocenters. The van der Waals surface area contributed by atoms with E-state index in [0.717, 1.165) is 77.0 Å². The minimum atomic E-state index is 0. The molecule has 33 heavy (non-hydrogen) atoms. The second kappa shape index (κ2) is 14.3. The number of hydrogen-bond acceptors (Lipinski definition) is 5. The average molecular weight is 572 g/mol. The number of nitrogens with zero attached hydrogens (tertiary/aromatic N) is 4. The van der Waals surface area contributed by atoms with Gasteiger partial charge >= 0.3 is 0 Å². The first-order valence-corrected chi connectivity index (χ1v) is 12.7. The highest BCUT2D eigenvalue weighted by molar-refractivity contribution is 14.0. The number of aliphatic imine (C=N–C) groups is 1. The molecule has 1 N–H and O–H groups in total. The van der Waals surface area contributed by atoms with Crippen molar-refractivity contribution in [1.82, 2.24) is 15.2 Å². The maximum Gasteiger partial charge on any atom is 0.193 e. The van der Waals surface area contributed by atoms with Crippen molar-refractivity contribution in [3.63, 3.8) is 0 Å². The molecule has 1 aromatic rings. The second-order valence-corrected chi connectivity index (χ2v) is 9.33. The molecular weight excluding hydrogens is 529 g/mol. The number of rotatable bonds is 6. The normalized spacial score (nSPS) is 23.1. The highest BCUT2D eigenvalue weighted by atomic mass is 127. The van der Waals surface area contributed by atoms with Crippen LogP contribution in [0.15, 0.2) is 23.3 Å². The molecule has 8 heteroatoms. The van der Waals surface area contributed by atoms with E-state index in [0.29, 0.717) is 12.2 Å². The number of piperidine rings is 1. The lowest BCUT2D eigenvalue weighted by Gasteiger charge is -2.35. The Bertz CT molecular complexity index is 713. The lowest BCUT2D eigenvalue weighted by molar-refractivity contribution is -0.0721. The standard InChI is InChI=1S/C25H41N5O2.HI/c1-26-25(30-15-10-22(11-16-30)32-20-23-8-4-7-17-31-23)28-19-21-9-12-27-24(18-21)29-13-5-2-3-6-14-29;/h9,12,18,22-23H,2-8,10-11,13-17,19-20H2,1H3,(H,26,28);1H. The van der Waals surface area contributed by atoms with Crippen LogP contribution in [0.25, 0.3) is 0 Å². The van der Waals surface area contributed by atoms with E-state index in [2.05, 4.69) is 37.2 Å². The number of hydrogen-bond donors (Lipinski definition) is 1. The Morgan fingerprint density at radius 3 is 2.58 bits per heavy atom. The van der Waals surface area contributed by atoms with Gasteiger partial charge in [-0.1, -0.05) is 12.8 Å². The lowest BCUT2D eigenvalue weighted by atomic mass is 10.1. The fourth-order valence-electron chi connectivity index (χ4n) is 4.97. The predicted octanol–water partition coefficient (Wildman–Crippen LogP) is 4.21. The van der Waals surface area contributed by atoms with Crippen molar-refractivity contribution < 1.29 is 9.47 Å². The summed E-state index contributed by atoms with van der Waals surface area (Å²) >= 11 is 0. The number of pyridine rings is 1. The lowest BCUT2D eigenvalue weighted by Crippen LogP contribution is -2.47. The minimum absolute atomic E-state index is 0. The number of likely N-dealkylation sites (tertiary alicyclic amines) is 1. The van der Waals surface area contributed by atoms with E-state index in [9.17, 15) is 0 Å². The first kappa shape index (κ1) is 26.5. The van der Waals surface area contributed by atoms with Crippen LogP contribution in [0.3, 0.4) is 0 Å². The maximum absolute atomic E-state index is 6.17. The van der Waals surface area contributed by atoms with Gasteiger partial charge in [0.2, 0.25) is 0 Å². The first-order chi connectivity index (χ1) is 15.8. The molecule has 1 atom stereocenters. The van der Waals surface area contributed by atoms with Gasteiger partial charge in [0.15, 0.2) is 5.96 Å². The molecule has 0 spiro atoms. The molecule has 0 aromatic carbocycles. The van der Waals surface area contributed by atoms with Gasteiger partial charge in [-0.3, -0.25) is 4.99 Å². The molecular formula is C25H42IN5O2. The largest absolute Gasteiger partial charge is 0.376 e. The molecule has 0 bridgehead atoms. The van der Waals surface area contributed by atoms with E-state index in [4.69, 9.17) is 9.47 Å². The van der Waals surface area contributed by atoms with Gasteiger partial charge in [-0.15, -0.1) is 24.0 Å². The molecule has 0 saturated carbocycles. The molecule has 4 rings (SSSR count). The van der Waals surface area contributed by atoms with E-state index in [-0.39, 0.29) is 24.0 Å².